The molecule has 1 atom stereocenters. The Labute approximate surface area is 172 Å². The Kier molecular flexibility index (Phi) is 7.01. The maximum Gasteiger partial charge on any atom is 0.252 e. The Morgan fingerprint density at radius 3 is 2.69 bits per heavy atom. The van der Waals surface area contributed by atoms with Crippen molar-refractivity contribution in [2.75, 3.05) is 0 Å². The lowest BCUT2D eigenvalue weighted by Crippen LogP contribution is -2.47. The van der Waals surface area contributed by atoms with Crippen molar-refractivity contribution in [3.05, 3.63) is 47.0 Å². The molecule has 2 aromatic rings. The molecule has 0 saturated heterocycles. The van der Waals surface area contributed by atoms with Crippen molar-refractivity contribution in [1.82, 2.24) is 25.4 Å². The van der Waals surface area contributed by atoms with Gasteiger partial charge in [0.2, 0.25) is 5.91 Å². The summed E-state index contributed by atoms with van der Waals surface area (Å²) in [7, 11) is 0. The third kappa shape index (κ3) is 5.43. The minimum absolute atomic E-state index is 0.188. The van der Waals surface area contributed by atoms with Crippen LogP contribution in [0.1, 0.15) is 67.1 Å². The molecule has 1 aliphatic rings. The highest BCUT2D eigenvalue weighted by Gasteiger charge is 2.24. The third-order valence-corrected chi connectivity index (χ3v) is 5.33. The van der Waals surface area contributed by atoms with Crippen LogP contribution in [0.4, 0.5) is 0 Å². The molecule has 156 valence electrons. The molecule has 0 radical (unpaired) electrons. The maximum absolute atomic E-state index is 12.9. The quantitative estimate of drug-likeness (QED) is 0.752. The van der Waals surface area contributed by atoms with Gasteiger partial charge in [-0.15, -0.1) is 10.2 Å². The fourth-order valence-electron chi connectivity index (χ4n) is 3.73. The first-order valence-corrected chi connectivity index (χ1v) is 10.5. The summed E-state index contributed by atoms with van der Waals surface area (Å²) >= 11 is 0. The molecule has 2 N–H and O–H groups in total. The molecular formula is C22H31N5O2. The predicted octanol–water partition coefficient (Wildman–Crippen LogP) is 2.77. The van der Waals surface area contributed by atoms with Crippen molar-refractivity contribution in [3.63, 3.8) is 0 Å². The third-order valence-electron chi connectivity index (χ3n) is 5.33. The van der Waals surface area contributed by atoms with E-state index in [9.17, 15) is 9.59 Å². The smallest absolute Gasteiger partial charge is 0.252 e. The van der Waals surface area contributed by atoms with Crippen LogP contribution in [0, 0.1) is 12.8 Å². The first kappa shape index (κ1) is 21.0. The van der Waals surface area contributed by atoms with E-state index in [0.717, 1.165) is 43.0 Å². The number of carbonyl (C=O) groups excluding carboxylic acids is 2. The zero-order valence-electron chi connectivity index (χ0n) is 17.6. The Hall–Kier alpha value is -2.70. The molecule has 2 amide bonds. The van der Waals surface area contributed by atoms with Crippen molar-refractivity contribution in [3.8, 4) is 0 Å². The van der Waals surface area contributed by atoms with Gasteiger partial charge in [0.25, 0.3) is 5.91 Å². The summed E-state index contributed by atoms with van der Waals surface area (Å²) in [5.41, 5.74) is 1.48. The van der Waals surface area contributed by atoms with Crippen LogP contribution >= 0.6 is 0 Å². The van der Waals surface area contributed by atoms with Gasteiger partial charge in [-0.1, -0.05) is 38.5 Å². The second-order valence-corrected chi connectivity index (χ2v) is 8.18. The van der Waals surface area contributed by atoms with Crippen LogP contribution in [-0.2, 0) is 24.3 Å². The Bertz CT molecular complexity index is 859. The van der Waals surface area contributed by atoms with Crippen molar-refractivity contribution < 1.29 is 9.59 Å². The summed E-state index contributed by atoms with van der Waals surface area (Å²) < 4.78 is 2.12. The number of nitrogens with zero attached hydrogens (tertiary/aromatic N) is 3. The van der Waals surface area contributed by atoms with Gasteiger partial charge in [-0.3, -0.25) is 9.59 Å². The number of nitrogens with one attached hydrogen (secondary N) is 2. The number of benzene rings is 1. The molecule has 2 heterocycles. The average molecular weight is 398 g/mol. The number of rotatable bonds is 7. The number of hydrogen-bond donors (Lipinski definition) is 2. The normalized spacial score (nSPS) is 14.8. The van der Waals surface area contributed by atoms with Crippen LogP contribution < -0.4 is 10.6 Å². The van der Waals surface area contributed by atoms with Crippen LogP contribution in [0.5, 0.6) is 0 Å². The molecule has 0 unspecified atom stereocenters. The summed E-state index contributed by atoms with van der Waals surface area (Å²) in [6, 6.07) is 6.81. The minimum Gasteiger partial charge on any atom is -0.347 e. The predicted molar refractivity (Wildman–Crippen MR) is 111 cm³/mol. The van der Waals surface area contributed by atoms with Gasteiger partial charge in [-0.05, 0) is 43.7 Å². The van der Waals surface area contributed by atoms with Crippen molar-refractivity contribution >= 4 is 11.8 Å². The van der Waals surface area contributed by atoms with Gasteiger partial charge in [0.1, 0.15) is 11.9 Å². The van der Waals surface area contributed by atoms with E-state index in [-0.39, 0.29) is 17.7 Å². The van der Waals surface area contributed by atoms with E-state index in [0.29, 0.717) is 18.5 Å². The Morgan fingerprint density at radius 2 is 1.93 bits per heavy atom. The van der Waals surface area contributed by atoms with Crippen molar-refractivity contribution in [1.29, 1.82) is 0 Å². The summed E-state index contributed by atoms with van der Waals surface area (Å²) in [5.74, 6) is 1.64. The van der Waals surface area contributed by atoms with Gasteiger partial charge in [0.05, 0.1) is 6.54 Å². The molecule has 7 heteroatoms. The first-order chi connectivity index (χ1) is 14.0. The Balaban J connectivity index is 1.66. The van der Waals surface area contributed by atoms with E-state index in [4.69, 9.17) is 0 Å². The van der Waals surface area contributed by atoms with Crippen LogP contribution in [-0.4, -0.2) is 32.6 Å². The van der Waals surface area contributed by atoms with E-state index in [1.54, 1.807) is 6.07 Å². The standard InChI is InChI=1S/C22H31N5O2/c1-15(2)13-18(24-21(28)17-10-7-6-9-16(17)3)22(29)23-14-20-26-25-19-11-5-4-8-12-27(19)20/h6-7,9-10,15,18H,4-5,8,11-14H2,1-3H3,(H,23,29)(H,24,28)/t18-/m0/s1. The summed E-state index contributed by atoms with van der Waals surface area (Å²) in [6.45, 7) is 7.19. The molecule has 29 heavy (non-hydrogen) atoms. The summed E-state index contributed by atoms with van der Waals surface area (Å²) in [6.07, 6.45) is 4.93. The molecule has 1 aromatic carbocycles. The number of carbonyl (C=O) groups is 2. The number of aryl methyl sites for hydroxylation is 2. The SMILES string of the molecule is Cc1ccccc1C(=O)N[C@@H](CC(C)C)C(=O)NCc1nnc2n1CCCCC2. The highest BCUT2D eigenvalue weighted by molar-refractivity contribution is 5.98. The van der Waals surface area contributed by atoms with Gasteiger partial charge in [0.15, 0.2) is 5.82 Å². The zero-order chi connectivity index (χ0) is 20.8. The highest BCUT2D eigenvalue weighted by atomic mass is 16.2. The average Bonchev–Trinajstić information content (AvgIpc) is 2.91. The minimum atomic E-state index is -0.589. The molecule has 7 nitrogen and oxygen atoms in total. The lowest BCUT2D eigenvalue weighted by Gasteiger charge is -2.20. The molecule has 0 saturated carbocycles. The number of amides is 2. The van der Waals surface area contributed by atoms with Gasteiger partial charge in [-0.2, -0.15) is 0 Å². The number of hydrogen-bond acceptors (Lipinski definition) is 4. The molecular weight excluding hydrogens is 366 g/mol. The number of fused-ring (bicyclic) bond motifs is 1. The largest absolute Gasteiger partial charge is 0.347 e. The summed E-state index contributed by atoms with van der Waals surface area (Å²) in [4.78, 5) is 25.6. The second-order valence-electron chi connectivity index (χ2n) is 8.18. The molecule has 3 rings (SSSR count). The lowest BCUT2D eigenvalue weighted by molar-refractivity contribution is -0.123. The van der Waals surface area contributed by atoms with E-state index >= 15 is 0 Å². The van der Waals surface area contributed by atoms with Gasteiger partial charge in [-0.25, -0.2) is 0 Å². The molecule has 1 aliphatic heterocycles. The molecule has 0 fully saturated rings. The fourth-order valence-corrected chi connectivity index (χ4v) is 3.73. The van der Waals surface area contributed by atoms with E-state index in [1.807, 2.05) is 39.0 Å². The fraction of sp³-hybridized carbons (Fsp3) is 0.545. The van der Waals surface area contributed by atoms with Gasteiger partial charge < -0.3 is 15.2 Å². The van der Waals surface area contributed by atoms with Crippen LogP contribution in [0.3, 0.4) is 0 Å². The van der Waals surface area contributed by atoms with Crippen LogP contribution in [0.15, 0.2) is 24.3 Å². The molecule has 0 aliphatic carbocycles. The molecule has 0 spiro atoms. The zero-order valence-corrected chi connectivity index (χ0v) is 17.6. The van der Waals surface area contributed by atoms with Gasteiger partial charge >= 0.3 is 0 Å². The van der Waals surface area contributed by atoms with Crippen LogP contribution in [0.25, 0.3) is 0 Å². The first-order valence-electron chi connectivity index (χ1n) is 10.5. The monoisotopic (exact) mass is 397 g/mol. The number of aromatic nitrogens is 3. The van der Waals surface area contributed by atoms with E-state index < -0.39 is 6.04 Å². The van der Waals surface area contributed by atoms with E-state index in [1.165, 1.54) is 6.42 Å². The lowest BCUT2D eigenvalue weighted by atomic mass is 10.0. The molecule has 1 aromatic heterocycles. The van der Waals surface area contributed by atoms with Crippen molar-refractivity contribution in [2.24, 2.45) is 5.92 Å². The van der Waals surface area contributed by atoms with Crippen LogP contribution in [0.2, 0.25) is 0 Å². The Morgan fingerprint density at radius 1 is 1.14 bits per heavy atom. The topological polar surface area (TPSA) is 88.9 Å². The van der Waals surface area contributed by atoms with Crippen molar-refractivity contribution in [2.45, 2.75) is 72.0 Å². The summed E-state index contributed by atoms with van der Waals surface area (Å²) in [5, 5.41) is 14.4. The second kappa shape index (κ2) is 9.67. The maximum atomic E-state index is 12.9. The van der Waals surface area contributed by atoms with E-state index in [2.05, 4.69) is 25.4 Å². The highest BCUT2D eigenvalue weighted by Crippen LogP contribution is 2.15. The van der Waals surface area contributed by atoms with Gasteiger partial charge in [0, 0.05) is 18.5 Å². The molecule has 0 bridgehead atoms.